The summed E-state index contributed by atoms with van der Waals surface area (Å²) in [6.45, 7) is 17.8. The Morgan fingerprint density at radius 3 is 1.91 bits per heavy atom. The molecule has 3 aromatic carbocycles. The van der Waals surface area contributed by atoms with Crippen molar-refractivity contribution < 1.29 is 23.4 Å². The molecule has 2 aliphatic carbocycles. The molecular weight excluding hydrogens is 564 g/mol. The Morgan fingerprint density at radius 2 is 1.34 bits per heavy atom. The van der Waals surface area contributed by atoms with Gasteiger partial charge in [-0.25, -0.2) is 0 Å². The summed E-state index contributed by atoms with van der Waals surface area (Å²) in [4.78, 5) is 0. The molecule has 1 unspecified atom stereocenters. The van der Waals surface area contributed by atoms with Gasteiger partial charge in [-0.05, 0) is 87.0 Å². The van der Waals surface area contributed by atoms with E-state index in [1.807, 2.05) is 26.0 Å². The summed E-state index contributed by atoms with van der Waals surface area (Å²) < 4.78 is 33.3. The van der Waals surface area contributed by atoms with Crippen molar-refractivity contribution in [2.45, 2.75) is 115 Å². The molecule has 3 aliphatic rings. The monoisotopic (exact) mass is 614 g/mol. The van der Waals surface area contributed by atoms with Gasteiger partial charge in [-0.15, -0.1) is 0 Å². The van der Waals surface area contributed by atoms with E-state index in [0.717, 1.165) is 41.7 Å². The smallest absolute Gasteiger partial charge is 0.192 e. The molecule has 6 heteroatoms. The van der Waals surface area contributed by atoms with Gasteiger partial charge in [0, 0.05) is 5.41 Å². The number of methoxy groups -OCH3 is 1. The number of benzene rings is 3. The Morgan fingerprint density at radius 1 is 0.773 bits per heavy atom. The van der Waals surface area contributed by atoms with Crippen LogP contribution in [0.15, 0.2) is 78.9 Å². The molecule has 4 atom stereocenters. The van der Waals surface area contributed by atoms with Crippen LogP contribution in [-0.2, 0) is 24.2 Å². The van der Waals surface area contributed by atoms with Crippen LogP contribution in [-0.4, -0.2) is 45.6 Å². The first-order valence-electron chi connectivity index (χ1n) is 16.2. The molecule has 1 spiro atoms. The molecule has 44 heavy (non-hydrogen) atoms. The third kappa shape index (κ3) is 5.47. The van der Waals surface area contributed by atoms with Crippen LogP contribution < -0.4 is 4.74 Å². The second-order valence-corrected chi connectivity index (χ2v) is 20.1. The van der Waals surface area contributed by atoms with Crippen LogP contribution in [0.2, 0.25) is 18.1 Å². The summed E-state index contributed by atoms with van der Waals surface area (Å²) in [5, 5.41) is 0.125. The lowest BCUT2D eigenvalue weighted by molar-refractivity contribution is -0.207. The molecule has 1 saturated heterocycles. The summed E-state index contributed by atoms with van der Waals surface area (Å²) in [5.41, 5.74) is 3.71. The number of fused-ring (bicyclic) bond motifs is 2. The van der Waals surface area contributed by atoms with Crippen molar-refractivity contribution in [1.82, 2.24) is 0 Å². The van der Waals surface area contributed by atoms with E-state index in [9.17, 15) is 0 Å². The maximum absolute atomic E-state index is 7.45. The lowest BCUT2D eigenvalue weighted by atomic mass is 9.63. The van der Waals surface area contributed by atoms with Crippen molar-refractivity contribution >= 4 is 8.32 Å². The van der Waals surface area contributed by atoms with Crippen molar-refractivity contribution in [3.8, 4) is 5.75 Å². The van der Waals surface area contributed by atoms with Gasteiger partial charge in [0.05, 0.1) is 25.4 Å². The van der Waals surface area contributed by atoms with Gasteiger partial charge < -0.3 is 23.4 Å². The van der Waals surface area contributed by atoms with E-state index < -0.39 is 19.7 Å². The summed E-state index contributed by atoms with van der Waals surface area (Å²) >= 11 is 0. The quantitative estimate of drug-likeness (QED) is 0.188. The Kier molecular flexibility index (Phi) is 7.94. The third-order valence-electron chi connectivity index (χ3n) is 10.7. The van der Waals surface area contributed by atoms with Crippen LogP contribution in [0.1, 0.15) is 76.1 Å². The molecule has 0 radical (unpaired) electrons. The minimum Gasteiger partial charge on any atom is -0.497 e. The number of hydrogen-bond donors (Lipinski definition) is 0. The molecule has 2 saturated carbocycles. The van der Waals surface area contributed by atoms with E-state index >= 15 is 0 Å². The number of aryl methyl sites for hydroxylation is 1. The fraction of sp³-hybridized carbons (Fsp3) is 0.526. The van der Waals surface area contributed by atoms with E-state index in [1.165, 1.54) is 5.56 Å². The van der Waals surface area contributed by atoms with Gasteiger partial charge >= 0.3 is 0 Å². The van der Waals surface area contributed by atoms with Gasteiger partial charge in [-0.3, -0.25) is 0 Å². The van der Waals surface area contributed by atoms with Crippen LogP contribution in [0.3, 0.4) is 0 Å². The van der Waals surface area contributed by atoms with Gasteiger partial charge in [-0.1, -0.05) is 93.1 Å². The van der Waals surface area contributed by atoms with Gasteiger partial charge in [-0.2, -0.15) is 0 Å². The molecule has 6 rings (SSSR count). The highest BCUT2D eigenvalue weighted by atomic mass is 28.4. The third-order valence-corrected chi connectivity index (χ3v) is 15.2. The number of hydrogen-bond acceptors (Lipinski definition) is 5. The van der Waals surface area contributed by atoms with Gasteiger partial charge in [0.1, 0.15) is 17.5 Å². The summed E-state index contributed by atoms with van der Waals surface area (Å²) in [5.74, 6) is 0.204. The van der Waals surface area contributed by atoms with Crippen molar-refractivity contribution in [3.05, 3.63) is 101 Å². The highest BCUT2D eigenvalue weighted by Crippen LogP contribution is 2.62. The second-order valence-electron chi connectivity index (χ2n) is 15.3. The SMILES string of the molecule is COc1ccc(C(OC2CC3(C2)C[C@H](O[Si](C)(C)C(C)(C)C)[C@@H]2OC(C)(C)O[C@@H]23)(c2ccccc2)c2ccc(C)cc2)cc1. The standard InChI is InChI=1S/C38H50O5Si/c1-26-15-17-28(18-16-26)38(27-13-11-10-12-14-27,29-19-21-30(39-7)22-20-29)40-31-23-37(24-31)25-32(43-44(8,9)35(2,3)4)33-34(37)42-36(5,6)41-33/h10-22,31-34H,23-25H2,1-9H3/t31?,32-,33-,34-,37?,38?/m0/s1. The van der Waals surface area contributed by atoms with Crippen LogP contribution >= 0.6 is 0 Å². The maximum atomic E-state index is 7.45. The van der Waals surface area contributed by atoms with Gasteiger partial charge in [0.15, 0.2) is 14.1 Å². The predicted octanol–water partition coefficient (Wildman–Crippen LogP) is 8.78. The van der Waals surface area contributed by atoms with Gasteiger partial charge in [0.25, 0.3) is 0 Å². The van der Waals surface area contributed by atoms with Crippen LogP contribution in [0.5, 0.6) is 5.75 Å². The molecule has 0 aromatic heterocycles. The molecule has 1 aliphatic heterocycles. The fourth-order valence-corrected chi connectivity index (χ4v) is 8.73. The molecular formula is C38H50O5Si. The van der Waals surface area contributed by atoms with Crippen LogP contribution in [0, 0.1) is 12.3 Å². The lowest BCUT2D eigenvalue weighted by Crippen LogP contribution is -2.52. The van der Waals surface area contributed by atoms with Crippen LogP contribution in [0.4, 0.5) is 0 Å². The predicted molar refractivity (Wildman–Crippen MR) is 178 cm³/mol. The first-order valence-corrected chi connectivity index (χ1v) is 19.1. The second kappa shape index (κ2) is 11.1. The highest BCUT2D eigenvalue weighted by molar-refractivity contribution is 6.74. The number of ether oxygens (including phenoxy) is 4. The topological polar surface area (TPSA) is 46.2 Å². The number of rotatable bonds is 8. The molecule has 0 amide bonds. The fourth-order valence-electron chi connectivity index (χ4n) is 7.40. The molecule has 0 N–H and O–H groups in total. The Balaban J connectivity index is 1.35. The van der Waals surface area contributed by atoms with Crippen LogP contribution in [0.25, 0.3) is 0 Å². The maximum Gasteiger partial charge on any atom is 0.192 e. The lowest BCUT2D eigenvalue weighted by Gasteiger charge is -2.51. The Hall–Kier alpha value is -2.48. The average Bonchev–Trinajstić information content (AvgIpc) is 3.43. The van der Waals surface area contributed by atoms with Crippen molar-refractivity contribution in [2.75, 3.05) is 7.11 Å². The summed E-state index contributed by atoms with van der Waals surface area (Å²) in [6.07, 6.45) is 2.76. The van der Waals surface area contributed by atoms with Crippen molar-refractivity contribution in [1.29, 1.82) is 0 Å². The molecule has 5 nitrogen and oxygen atoms in total. The van der Waals surface area contributed by atoms with E-state index in [0.29, 0.717) is 0 Å². The Labute approximate surface area is 265 Å². The largest absolute Gasteiger partial charge is 0.497 e. The van der Waals surface area contributed by atoms with Gasteiger partial charge in [0.2, 0.25) is 0 Å². The molecule has 1 heterocycles. The normalized spacial score (nSPS) is 29.2. The average molecular weight is 615 g/mol. The molecule has 0 bridgehead atoms. The van der Waals surface area contributed by atoms with E-state index in [4.69, 9.17) is 23.4 Å². The van der Waals surface area contributed by atoms with E-state index in [2.05, 4.69) is 108 Å². The first-order chi connectivity index (χ1) is 20.7. The zero-order valence-electron chi connectivity index (χ0n) is 28.0. The zero-order valence-corrected chi connectivity index (χ0v) is 29.0. The van der Waals surface area contributed by atoms with E-state index in [-0.39, 0.29) is 34.9 Å². The molecule has 3 fully saturated rings. The molecule has 236 valence electrons. The Bertz CT molecular complexity index is 1440. The van der Waals surface area contributed by atoms with Crippen molar-refractivity contribution in [2.24, 2.45) is 5.41 Å². The van der Waals surface area contributed by atoms with E-state index in [1.54, 1.807) is 7.11 Å². The molecule has 3 aromatic rings. The first kappa shape index (κ1) is 31.5. The zero-order chi connectivity index (χ0) is 31.5. The minimum atomic E-state index is -2.00. The minimum absolute atomic E-state index is 0.00129. The summed E-state index contributed by atoms with van der Waals surface area (Å²) in [6, 6.07) is 27.8. The van der Waals surface area contributed by atoms with Crippen molar-refractivity contribution in [3.63, 3.8) is 0 Å². The summed E-state index contributed by atoms with van der Waals surface area (Å²) in [7, 11) is -0.299. The highest BCUT2D eigenvalue weighted by Gasteiger charge is 2.67.